The quantitative estimate of drug-likeness (QED) is 0.853. The topological polar surface area (TPSA) is 61.5 Å². The lowest BCUT2D eigenvalue weighted by molar-refractivity contribution is -0.142. The van der Waals surface area contributed by atoms with Gasteiger partial charge in [-0.15, -0.1) is 0 Å². The number of nitrogens with one attached hydrogen (secondary N) is 1. The summed E-state index contributed by atoms with van der Waals surface area (Å²) in [5.41, 5.74) is 3.07. The first-order valence-electron chi connectivity index (χ1n) is 8.31. The zero-order chi connectivity index (χ0) is 16.2. The summed E-state index contributed by atoms with van der Waals surface area (Å²) in [4.78, 5) is 24.1. The fraction of sp³-hybridized carbons (Fsp3) is 0.529. The molecule has 1 saturated heterocycles. The number of piperazine rings is 1. The number of anilines is 1. The van der Waals surface area contributed by atoms with Gasteiger partial charge < -0.3 is 19.5 Å². The number of fused-ring (bicyclic) bond motifs is 1. The summed E-state index contributed by atoms with van der Waals surface area (Å²) in [6.07, 6.45) is 0.188. The van der Waals surface area contributed by atoms with Crippen molar-refractivity contribution in [2.24, 2.45) is 0 Å². The summed E-state index contributed by atoms with van der Waals surface area (Å²) in [7, 11) is 0. The van der Waals surface area contributed by atoms with Gasteiger partial charge >= 0.3 is 5.97 Å². The summed E-state index contributed by atoms with van der Waals surface area (Å²) >= 11 is 0. The first kappa shape index (κ1) is 15.8. The van der Waals surface area contributed by atoms with E-state index in [0.29, 0.717) is 12.4 Å². The van der Waals surface area contributed by atoms with E-state index in [1.807, 2.05) is 6.07 Å². The summed E-state index contributed by atoms with van der Waals surface area (Å²) in [5, 5.41) is 0. The van der Waals surface area contributed by atoms with Gasteiger partial charge in [0.2, 0.25) is 0 Å². The van der Waals surface area contributed by atoms with Crippen molar-refractivity contribution in [3.8, 4) is 0 Å². The predicted molar refractivity (Wildman–Crippen MR) is 90.8 cm³/mol. The summed E-state index contributed by atoms with van der Waals surface area (Å²) in [5.74, 6) is 0.411. The monoisotopic (exact) mass is 316 g/mol. The molecule has 0 radical (unpaired) electrons. The Labute approximate surface area is 136 Å². The van der Waals surface area contributed by atoms with Crippen molar-refractivity contribution >= 4 is 22.7 Å². The Morgan fingerprint density at radius 2 is 2.04 bits per heavy atom. The van der Waals surface area contributed by atoms with Crippen LogP contribution in [0.5, 0.6) is 0 Å². The predicted octanol–water partition coefficient (Wildman–Crippen LogP) is 1.81. The second-order valence-electron chi connectivity index (χ2n) is 5.79. The van der Waals surface area contributed by atoms with Gasteiger partial charge in [0.05, 0.1) is 17.6 Å². The number of H-pyrrole nitrogens is 1. The van der Waals surface area contributed by atoms with E-state index >= 15 is 0 Å². The number of likely N-dealkylation sites (N-methyl/N-ethyl adjacent to an activating group) is 1. The molecule has 0 aliphatic carbocycles. The Hall–Kier alpha value is -2.08. The maximum Gasteiger partial charge on any atom is 0.313 e. The molecule has 2 aromatic rings. The average molecular weight is 316 g/mol. The molecule has 3 rings (SSSR count). The van der Waals surface area contributed by atoms with Crippen molar-refractivity contribution in [2.45, 2.75) is 20.3 Å². The van der Waals surface area contributed by atoms with Gasteiger partial charge in [0.1, 0.15) is 12.2 Å². The Morgan fingerprint density at radius 3 is 2.74 bits per heavy atom. The Balaban J connectivity index is 1.73. The molecule has 1 aromatic carbocycles. The van der Waals surface area contributed by atoms with E-state index in [1.165, 1.54) is 5.69 Å². The molecule has 0 unspecified atom stereocenters. The van der Waals surface area contributed by atoms with Crippen molar-refractivity contribution in [1.29, 1.82) is 0 Å². The second-order valence-corrected chi connectivity index (χ2v) is 5.79. The Bertz CT molecular complexity index is 674. The van der Waals surface area contributed by atoms with E-state index in [-0.39, 0.29) is 12.4 Å². The molecule has 1 aliphatic rings. The normalized spacial score (nSPS) is 16.0. The van der Waals surface area contributed by atoms with Crippen LogP contribution < -0.4 is 4.90 Å². The zero-order valence-corrected chi connectivity index (χ0v) is 13.8. The molecule has 0 amide bonds. The van der Waals surface area contributed by atoms with Crippen LogP contribution in [0, 0.1) is 0 Å². The smallest absolute Gasteiger partial charge is 0.313 e. The molecule has 0 atom stereocenters. The molecule has 1 aromatic heterocycles. The number of carbonyl (C=O) groups excluding carboxylic acids is 1. The highest BCUT2D eigenvalue weighted by Crippen LogP contribution is 2.22. The molecular formula is C17H24N4O2. The number of aromatic amines is 1. The molecule has 1 N–H and O–H groups in total. The van der Waals surface area contributed by atoms with Crippen LogP contribution in [-0.4, -0.2) is 60.2 Å². The minimum Gasteiger partial charge on any atom is -0.466 e. The summed E-state index contributed by atoms with van der Waals surface area (Å²) in [6.45, 7) is 9.82. The van der Waals surface area contributed by atoms with Crippen LogP contribution in [0.2, 0.25) is 0 Å². The summed E-state index contributed by atoms with van der Waals surface area (Å²) in [6, 6.07) is 6.25. The number of benzene rings is 1. The van der Waals surface area contributed by atoms with Crippen LogP contribution in [0.1, 0.15) is 19.7 Å². The lowest BCUT2D eigenvalue weighted by atomic mass is 10.2. The van der Waals surface area contributed by atoms with Crippen molar-refractivity contribution in [1.82, 2.24) is 14.9 Å². The minimum absolute atomic E-state index is 0.188. The van der Waals surface area contributed by atoms with Gasteiger partial charge in [-0.2, -0.15) is 0 Å². The molecule has 1 aliphatic heterocycles. The molecule has 23 heavy (non-hydrogen) atoms. The van der Waals surface area contributed by atoms with Gasteiger partial charge in [0.15, 0.2) is 0 Å². The number of imidazole rings is 1. The van der Waals surface area contributed by atoms with Crippen LogP contribution in [0.4, 0.5) is 5.69 Å². The number of carbonyl (C=O) groups is 1. The first-order valence-corrected chi connectivity index (χ1v) is 8.31. The molecule has 0 saturated carbocycles. The Kier molecular flexibility index (Phi) is 4.81. The minimum atomic E-state index is -0.248. The number of rotatable bonds is 5. The molecule has 2 heterocycles. The number of ether oxygens (including phenoxy) is 1. The van der Waals surface area contributed by atoms with Crippen molar-refractivity contribution in [2.75, 3.05) is 44.2 Å². The number of hydrogen-bond donors (Lipinski definition) is 1. The van der Waals surface area contributed by atoms with E-state index in [4.69, 9.17) is 4.74 Å². The third kappa shape index (κ3) is 3.64. The van der Waals surface area contributed by atoms with Gasteiger partial charge in [-0.25, -0.2) is 4.98 Å². The number of aromatic nitrogens is 2. The van der Waals surface area contributed by atoms with Crippen LogP contribution in [-0.2, 0) is 16.0 Å². The first-order chi connectivity index (χ1) is 11.2. The Morgan fingerprint density at radius 1 is 1.26 bits per heavy atom. The van der Waals surface area contributed by atoms with Crippen LogP contribution in [0.25, 0.3) is 11.0 Å². The number of hydrogen-bond acceptors (Lipinski definition) is 5. The van der Waals surface area contributed by atoms with Crippen LogP contribution >= 0.6 is 0 Å². The van der Waals surface area contributed by atoms with Gasteiger partial charge in [-0.3, -0.25) is 4.79 Å². The van der Waals surface area contributed by atoms with Crippen molar-refractivity contribution in [3.63, 3.8) is 0 Å². The van der Waals surface area contributed by atoms with E-state index < -0.39 is 0 Å². The van der Waals surface area contributed by atoms with Gasteiger partial charge in [0, 0.05) is 31.9 Å². The van der Waals surface area contributed by atoms with E-state index in [0.717, 1.165) is 43.8 Å². The maximum atomic E-state index is 11.6. The standard InChI is InChI=1S/C17H24N4O2/c1-3-20-7-9-21(10-8-20)13-5-6-14-15(11-13)19-16(18-14)12-17(22)23-4-2/h5-6,11H,3-4,7-10,12H2,1-2H3,(H,18,19). The molecule has 0 spiro atoms. The zero-order valence-electron chi connectivity index (χ0n) is 13.8. The second kappa shape index (κ2) is 7.00. The van der Waals surface area contributed by atoms with E-state index in [9.17, 15) is 4.79 Å². The van der Waals surface area contributed by atoms with Gasteiger partial charge in [-0.1, -0.05) is 6.92 Å². The SMILES string of the molecule is CCOC(=O)Cc1nc2ccc(N3CCN(CC)CC3)cc2[nH]1. The fourth-order valence-electron chi connectivity index (χ4n) is 3.00. The van der Waals surface area contributed by atoms with Crippen LogP contribution in [0.15, 0.2) is 18.2 Å². The summed E-state index contributed by atoms with van der Waals surface area (Å²) < 4.78 is 4.97. The molecule has 1 fully saturated rings. The van der Waals surface area contributed by atoms with Crippen LogP contribution in [0.3, 0.4) is 0 Å². The maximum absolute atomic E-state index is 11.6. The largest absolute Gasteiger partial charge is 0.466 e. The van der Waals surface area contributed by atoms with Gasteiger partial charge in [-0.05, 0) is 31.7 Å². The highest BCUT2D eigenvalue weighted by molar-refractivity contribution is 5.81. The van der Waals surface area contributed by atoms with E-state index in [1.54, 1.807) is 6.92 Å². The third-order valence-corrected chi connectivity index (χ3v) is 4.32. The van der Waals surface area contributed by atoms with Crippen molar-refractivity contribution < 1.29 is 9.53 Å². The lowest BCUT2D eigenvalue weighted by Crippen LogP contribution is -2.46. The molecule has 0 bridgehead atoms. The highest BCUT2D eigenvalue weighted by Gasteiger charge is 2.17. The molecule has 6 heteroatoms. The molecular weight excluding hydrogens is 292 g/mol. The average Bonchev–Trinajstić information content (AvgIpc) is 2.96. The third-order valence-electron chi connectivity index (χ3n) is 4.32. The van der Waals surface area contributed by atoms with Crippen molar-refractivity contribution in [3.05, 3.63) is 24.0 Å². The number of nitrogens with zero attached hydrogens (tertiary/aromatic N) is 3. The van der Waals surface area contributed by atoms with Gasteiger partial charge in [0.25, 0.3) is 0 Å². The molecule has 6 nitrogen and oxygen atoms in total. The lowest BCUT2D eigenvalue weighted by Gasteiger charge is -2.35. The fourth-order valence-corrected chi connectivity index (χ4v) is 3.00. The molecule has 124 valence electrons. The number of esters is 1. The van der Waals surface area contributed by atoms with E-state index in [2.05, 4.69) is 38.8 Å². The highest BCUT2D eigenvalue weighted by atomic mass is 16.5.